The van der Waals surface area contributed by atoms with E-state index in [1.165, 1.54) is 0 Å². The Hall–Kier alpha value is -2.56. The number of carbonyl (C=O) groups excluding carboxylic acids is 1. The summed E-state index contributed by atoms with van der Waals surface area (Å²) in [6.45, 7) is 3.40. The number of aromatic amines is 1. The summed E-state index contributed by atoms with van der Waals surface area (Å²) >= 11 is 0. The Morgan fingerprint density at radius 1 is 1.65 bits per heavy atom. The minimum atomic E-state index is -4.49. The highest BCUT2D eigenvalue weighted by molar-refractivity contribution is 6.03. The maximum atomic E-state index is 12.7. The first-order valence-electron chi connectivity index (χ1n) is 6.61. The number of anilines is 1. The Labute approximate surface area is 129 Å². The number of carbonyl (C=O) groups is 1. The van der Waals surface area contributed by atoms with Crippen LogP contribution in [0.4, 0.5) is 18.9 Å². The average molecular weight is 326 g/mol. The average Bonchev–Trinajstić information content (AvgIpc) is 3.09. The van der Waals surface area contributed by atoms with Crippen LogP contribution in [0.2, 0.25) is 0 Å². The number of rotatable bonds is 4. The van der Waals surface area contributed by atoms with Gasteiger partial charge in [-0.1, -0.05) is 6.58 Å². The molecule has 2 heterocycles. The van der Waals surface area contributed by atoms with Gasteiger partial charge in [0, 0.05) is 12.5 Å². The zero-order valence-electron chi connectivity index (χ0n) is 12.0. The van der Waals surface area contributed by atoms with Crippen LogP contribution in [0.3, 0.4) is 0 Å². The van der Waals surface area contributed by atoms with Crippen molar-refractivity contribution in [2.45, 2.75) is 24.6 Å². The predicted molar refractivity (Wildman–Crippen MR) is 73.3 cm³/mol. The molecule has 1 saturated heterocycles. The summed E-state index contributed by atoms with van der Waals surface area (Å²) in [5.74, 6) is -0.711. The number of nitrogens with zero attached hydrogens (tertiary/aromatic N) is 3. The molecule has 1 amide bonds. The lowest BCUT2D eigenvalue weighted by atomic mass is 9.96. The van der Waals surface area contributed by atoms with Crippen molar-refractivity contribution in [3.05, 3.63) is 30.3 Å². The summed E-state index contributed by atoms with van der Waals surface area (Å²) in [7, 11) is 0. The minimum Gasteiger partial charge on any atom is -0.378 e. The molecule has 1 aliphatic rings. The Kier molecular flexibility index (Phi) is 4.59. The van der Waals surface area contributed by atoms with Crippen LogP contribution in [0, 0.1) is 11.3 Å². The van der Waals surface area contributed by atoms with E-state index >= 15 is 0 Å². The first-order chi connectivity index (χ1) is 10.8. The van der Waals surface area contributed by atoms with Crippen LogP contribution in [0.15, 0.2) is 24.6 Å². The molecule has 0 radical (unpaired) electrons. The second kappa shape index (κ2) is 6.28. The highest BCUT2D eigenvalue weighted by Crippen LogP contribution is 2.35. The lowest BCUT2D eigenvalue weighted by Gasteiger charge is -2.33. The van der Waals surface area contributed by atoms with Gasteiger partial charge in [0.2, 0.25) is 0 Å². The second-order valence-electron chi connectivity index (χ2n) is 4.99. The molecule has 6 nitrogen and oxygen atoms in total. The van der Waals surface area contributed by atoms with Crippen molar-refractivity contribution in [2.75, 3.05) is 18.1 Å². The standard InChI is InChI=1S/C14H13F3N4O2/c1-2-3-12(22)21(13(8-18)4-5-23-9-13)11-7-19-20-10(11)6-14(15,16)17/h3,7H,1,4-6,9H2,(H,19,20). The van der Waals surface area contributed by atoms with E-state index in [0.717, 1.165) is 17.2 Å². The van der Waals surface area contributed by atoms with Gasteiger partial charge in [-0.15, -0.1) is 5.73 Å². The number of nitrogens with one attached hydrogen (secondary N) is 1. The number of hydrogen-bond acceptors (Lipinski definition) is 4. The molecule has 122 valence electrons. The number of alkyl halides is 3. The van der Waals surface area contributed by atoms with E-state index < -0.39 is 24.0 Å². The number of aromatic nitrogens is 2. The van der Waals surface area contributed by atoms with Crippen LogP contribution < -0.4 is 4.90 Å². The van der Waals surface area contributed by atoms with E-state index in [1.54, 1.807) is 0 Å². The molecule has 23 heavy (non-hydrogen) atoms. The van der Waals surface area contributed by atoms with Gasteiger partial charge >= 0.3 is 6.18 Å². The molecule has 0 bridgehead atoms. The Bertz CT molecular complexity index is 677. The fourth-order valence-corrected chi connectivity index (χ4v) is 2.41. The predicted octanol–water partition coefficient (Wildman–Crippen LogP) is 1.87. The topological polar surface area (TPSA) is 82.0 Å². The summed E-state index contributed by atoms with van der Waals surface area (Å²) < 4.78 is 43.3. The first-order valence-corrected chi connectivity index (χ1v) is 6.61. The van der Waals surface area contributed by atoms with Crippen molar-refractivity contribution >= 4 is 11.6 Å². The molecular weight excluding hydrogens is 313 g/mol. The number of nitriles is 1. The monoisotopic (exact) mass is 326 g/mol. The van der Waals surface area contributed by atoms with Gasteiger partial charge in [0.15, 0.2) is 5.54 Å². The van der Waals surface area contributed by atoms with Crippen molar-refractivity contribution in [3.8, 4) is 6.07 Å². The molecule has 1 N–H and O–H groups in total. The number of ether oxygens (including phenoxy) is 1. The summed E-state index contributed by atoms with van der Waals surface area (Å²) in [6.07, 6.45) is -3.56. The van der Waals surface area contributed by atoms with Crippen LogP contribution in [0.1, 0.15) is 12.1 Å². The zero-order chi connectivity index (χ0) is 17.1. The van der Waals surface area contributed by atoms with E-state index in [2.05, 4.69) is 22.5 Å². The molecule has 0 spiro atoms. The molecule has 1 aliphatic heterocycles. The molecule has 1 aromatic rings. The van der Waals surface area contributed by atoms with Gasteiger partial charge in [-0.25, -0.2) is 0 Å². The van der Waals surface area contributed by atoms with Crippen molar-refractivity contribution in [2.24, 2.45) is 0 Å². The maximum Gasteiger partial charge on any atom is 0.394 e. The van der Waals surface area contributed by atoms with Crippen molar-refractivity contribution in [1.82, 2.24) is 10.2 Å². The highest BCUT2D eigenvalue weighted by atomic mass is 19.4. The number of amides is 1. The third-order valence-electron chi connectivity index (χ3n) is 3.40. The lowest BCUT2D eigenvalue weighted by molar-refractivity contribution is -0.128. The fourth-order valence-electron chi connectivity index (χ4n) is 2.41. The summed E-state index contributed by atoms with van der Waals surface area (Å²) in [4.78, 5) is 13.3. The van der Waals surface area contributed by atoms with Gasteiger partial charge in [-0.05, 0) is 0 Å². The molecule has 1 atom stereocenters. The third kappa shape index (κ3) is 3.44. The van der Waals surface area contributed by atoms with Crippen LogP contribution >= 0.6 is 0 Å². The molecule has 1 unspecified atom stereocenters. The molecule has 2 rings (SSSR count). The van der Waals surface area contributed by atoms with Crippen LogP contribution in [-0.4, -0.2) is 41.0 Å². The van der Waals surface area contributed by atoms with Crippen molar-refractivity contribution < 1.29 is 22.7 Å². The van der Waals surface area contributed by atoms with Gasteiger partial charge < -0.3 is 4.74 Å². The maximum absolute atomic E-state index is 12.7. The third-order valence-corrected chi connectivity index (χ3v) is 3.40. The largest absolute Gasteiger partial charge is 0.394 e. The Morgan fingerprint density at radius 3 is 2.91 bits per heavy atom. The highest BCUT2D eigenvalue weighted by Gasteiger charge is 2.46. The first kappa shape index (κ1) is 16.8. The zero-order valence-corrected chi connectivity index (χ0v) is 12.0. The van der Waals surface area contributed by atoms with E-state index in [-0.39, 0.29) is 31.0 Å². The molecular formula is C14H13F3N4O2. The van der Waals surface area contributed by atoms with Crippen molar-refractivity contribution in [3.63, 3.8) is 0 Å². The van der Waals surface area contributed by atoms with E-state index in [4.69, 9.17) is 4.74 Å². The molecule has 1 fully saturated rings. The second-order valence-corrected chi connectivity index (χ2v) is 4.99. The van der Waals surface area contributed by atoms with Crippen molar-refractivity contribution in [1.29, 1.82) is 5.26 Å². The fraction of sp³-hybridized carbons (Fsp3) is 0.429. The van der Waals surface area contributed by atoms with Gasteiger partial charge in [-0.2, -0.15) is 23.5 Å². The van der Waals surface area contributed by atoms with E-state index in [0.29, 0.717) is 0 Å². The normalized spacial score (nSPS) is 20.6. The summed E-state index contributed by atoms with van der Waals surface area (Å²) in [5, 5.41) is 15.3. The Morgan fingerprint density at radius 2 is 2.39 bits per heavy atom. The number of halogens is 3. The van der Waals surface area contributed by atoms with Gasteiger partial charge in [-0.3, -0.25) is 14.8 Å². The minimum absolute atomic E-state index is 0.100. The van der Waals surface area contributed by atoms with Crippen LogP contribution in [0.5, 0.6) is 0 Å². The smallest absolute Gasteiger partial charge is 0.378 e. The quantitative estimate of drug-likeness (QED) is 0.676. The molecule has 9 heteroatoms. The summed E-state index contributed by atoms with van der Waals surface area (Å²) in [6, 6.07) is 1.98. The number of H-pyrrole nitrogens is 1. The molecule has 0 aliphatic carbocycles. The number of hydrogen-bond donors (Lipinski definition) is 1. The van der Waals surface area contributed by atoms with Gasteiger partial charge in [0.1, 0.15) is 0 Å². The van der Waals surface area contributed by atoms with E-state index in [9.17, 15) is 23.2 Å². The molecule has 0 aromatic carbocycles. The van der Waals surface area contributed by atoms with Gasteiger partial charge in [0.25, 0.3) is 5.91 Å². The lowest BCUT2D eigenvalue weighted by Crippen LogP contribution is -2.52. The van der Waals surface area contributed by atoms with Crippen LogP contribution in [0.25, 0.3) is 0 Å². The Balaban J connectivity index is 2.52. The molecule has 1 aromatic heterocycles. The van der Waals surface area contributed by atoms with Crippen LogP contribution in [-0.2, 0) is 16.0 Å². The SMILES string of the molecule is C=C=CC(=O)N(c1cn[nH]c1CC(F)(F)F)C1(C#N)CCOC1. The summed E-state index contributed by atoms with van der Waals surface area (Å²) in [5.41, 5.74) is 0.472. The van der Waals surface area contributed by atoms with E-state index in [1.807, 2.05) is 6.07 Å². The molecule has 0 saturated carbocycles. The van der Waals surface area contributed by atoms with Gasteiger partial charge in [0.05, 0.1) is 43.3 Å².